The van der Waals surface area contributed by atoms with Crippen LogP contribution in [0, 0.1) is 0 Å². The SMILES string of the molecule is COc1c(Cl)ccc(Cl)c1C(=O)NCC1NC(=O)NC1=O. The van der Waals surface area contributed by atoms with Crippen LogP contribution in [0.2, 0.25) is 10.0 Å². The van der Waals surface area contributed by atoms with Crippen molar-refractivity contribution in [3.05, 3.63) is 27.7 Å². The molecule has 2 rings (SSSR count). The van der Waals surface area contributed by atoms with Crippen LogP contribution < -0.4 is 20.7 Å². The first kappa shape index (κ1) is 15.4. The molecular weight excluding hydrogens is 321 g/mol. The Morgan fingerprint density at radius 1 is 1.33 bits per heavy atom. The molecular formula is C12H11Cl2N3O4. The predicted molar refractivity (Wildman–Crippen MR) is 75.8 cm³/mol. The third-order valence-electron chi connectivity index (χ3n) is 2.82. The number of hydrogen-bond donors (Lipinski definition) is 3. The van der Waals surface area contributed by atoms with Crippen molar-refractivity contribution < 1.29 is 19.1 Å². The van der Waals surface area contributed by atoms with E-state index in [-0.39, 0.29) is 27.9 Å². The normalized spacial score (nSPS) is 17.2. The molecule has 0 bridgehead atoms. The molecule has 1 aliphatic heterocycles. The monoisotopic (exact) mass is 331 g/mol. The maximum Gasteiger partial charge on any atom is 0.322 e. The van der Waals surface area contributed by atoms with Gasteiger partial charge in [-0.1, -0.05) is 23.2 Å². The zero-order valence-corrected chi connectivity index (χ0v) is 12.3. The molecule has 7 nitrogen and oxygen atoms in total. The molecule has 1 aliphatic rings. The topological polar surface area (TPSA) is 96.5 Å². The van der Waals surface area contributed by atoms with Gasteiger partial charge in [-0.15, -0.1) is 0 Å². The van der Waals surface area contributed by atoms with Crippen LogP contribution in [-0.4, -0.2) is 37.5 Å². The van der Waals surface area contributed by atoms with Gasteiger partial charge in [0.05, 0.1) is 17.2 Å². The maximum atomic E-state index is 12.2. The number of urea groups is 1. The summed E-state index contributed by atoms with van der Waals surface area (Å²) in [7, 11) is 1.36. The summed E-state index contributed by atoms with van der Waals surface area (Å²) < 4.78 is 5.06. The molecule has 0 spiro atoms. The van der Waals surface area contributed by atoms with Gasteiger partial charge in [0.25, 0.3) is 11.8 Å². The lowest BCUT2D eigenvalue weighted by Gasteiger charge is -2.13. The van der Waals surface area contributed by atoms with E-state index in [0.29, 0.717) is 0 Å². The lowest BCUT2D eigenvalue weighted by atomic mass is 10.1. The van der Waals surface area contributed by atoms with Gasteiger partial charge in [-0.3, -0.25) is 14.9 Å². The van der Waals surface area contributed by atoms with Crippen LogP contribution in [0.1, 0.15) is 10.4 Å². The van der Waals surface area contributed by atoms with Gasteiger partial charge in [-0.05, 0) is 12.1 Å². The largest absolute Gasteiger partial charge is 0.494 e. The first-order chi connectivity index (χ1) is 9.93. The molecule has 0 saturated carbocycles. The fourth-order valence-electron chi connectivity index (χ4n) is 1.83. The van der Waals surface area contributed by atoms with E-state index in [2.05, 4.69) is 16.0 Å². The first-order valence-corrected chi connectivity index (χ1v) is 6.61. The quantitative estimate of drug-likeness (QED) is 0.715. The number of carbonyl (C=O) groups is 3. The van der Waals surface area contributed by atoms with E-state index < -0.39 is 23.9 Å². The number of benzene rings is 1. The zero-order valence-electron chi connectivity index (χ0n) is 10.8. The fraction of sp³-hybridized carbons (Fsp3) is 0.250. The highest BCUT2D eigenvalue weighted by molar-refractivity contribution is 6.37. The Bertz CT molecular complexity index is 621. The van der Waals surface area contributed by atoms with E-state index in [1.54, 1.807) is 0 Å². The Balaban J connectivity index is 2.12. The number of hydrogen-bond acceptors (Lipinski definition) is 4. The highest BCUT2D eigenvalue weighted by Gasteiger charge is 2.30. The van der Waals surface area contributed by atoms with Crippen molar-refractivity contribution in [1.82, 2.24) is 16.0 Å². The Morgan fingerprint density at radius 2 is 2.00 bits per heavy atom. The third kappa shape index (κ3) is 3.20. The van der Waals surface area contributed by atoms with Crippen molar-refractivity contribution in [2.45, 2.75) is 6.04 Å². The van der Waals surface area contributed by atoms with Crippen molar-refractivity contribution >= 4 is 41.0 Å². The summed E-state index contributed by atoms with van der Waals surface area (Å²) in [6.07, 6.45) is 0. The van der Waals surface area contributed by atoms with Crippen molar-refractivity contribution in [3.63, 3.8) is 0 Å². The Hall–Kier alpha value is -1.99. The molecule has 0 radical (unpaired) electrons. The Labute approximate surface area is 129 Å². The Kier molecular flexibility index (Phi) is 4.54. The minimum Gasteiger partial charge on any atom is -0.494 e. The number of amides is 4. The predicted octanol–water partition coefficient (Wildman–Crippen LogP) is 0.940. The van der Waals surface area contributed by atoms with Crippen LogP contribution in [0.5, 0.6) is 5.75 Å². The summed E-state index contributed by atoms with van der Waals surface area (Å²) in [5.41, 5.74) is 0.0661. The summed E-state index contributed by atoms with van der Waals surface area (Å²) in [6.45, 7) is -0.0809. The van der Waals surface area contributed by atoms with Crippen LogP contribution in [-0.2, 0) is 4.79 Å². The molecule has 0 aliphatic carbocycles. The lowest BCUT2D eigenvalue weighted by molar-refractivity contribution is -0.120. The van der Waals surface area contributed by atoms with Gasteiger partial charge in [0.1, 0.15) is 11.6 Å². The number of carbonyl (C=O) groups excluding carboxylic acids is 3. The molecule has 1 saturated heterocycles. The van der Waals surface area contributed by atoms with E-state index in [0.717, 1.165) is 0 Å². The molecule has 3 N–H and O–H groups in total. The van der Waals surface area contributed by atoms with Gasteiger partial charge >= 0.3 is 6.03 Å². The number of rotatable bonds is 4. The van der Waals surface area contributed by atoms with E-state index in [1.165, 1.54) is 19.2 Å². The second-order valence-electron chi connectivity index (χ2n) is 4.16. The molecule has 21 heavy (non-hydrogen) atoms. The smallest absolute Gasteiger partial charge is 0.322 e. The van der Waals surface area contributed by atoms with Crippen LogP contribution in [0.4, 0.5) is 4.79 Å². The zero-order chi connectivity index (χ0) is 15.6. The standard InChI is InChI=1S/C12H11Cl2N3O4/c1-21-9-6(14)3-2-5(13)8(9)11(19)15-4-7-10(18)17-12(20)16-7/h2-3,7H,4H2,1H3,(H,15,19)(H2,16,17,18,20). The molecule has 1 heterocycles. The summed E-state index contributed by atoms with van der Waals surface area (Å²) in [4.78, 5) is 34.5. The summed E-state index contributed by atoms with van der Waals surface area (Å²) in [5, 5.41) is 7.31. The molecule has 112 valence electrons. The van der Waals surface area contributed by atoms with Crippen LogP contribution in [0.15, 0.2) is 12.1 Å². The highest BCUT2D eigenvalue weighted by atomic mass is 35.5. The number of halogens is 2. The molecule has 1 atom stereocenters. The van der Waals surface area contributed by atoms with Gasteiger partial charge in [0, 0.05) is 6.54 Å². The molecule has 1 unspecified atom stereocenters. The number of methoxy groups -OCH3 is 1. The molecule has 0 aromatic heterocycles. The minimum atomic E-state index is -0.828. The summed E-state index contributed by atoms with van der Waals surface area (Å²) in [5.74, 6) is -0.931. The van der Waals surface area contributed by atoms with E-state index in [4.69, 9.17) is 27.9 Å². The van der Waals surface area contributed by atoms with Gasteiger partial charge in [0.2, 0.25) is 0 Å². The van der Waals surface area contributed by atoms with Crippen LogP contribution in [0.3, 0.4) is 0 Å². The number of nitrogens with one attached hydrogen (secondary N) is 3. The van der Waals surface area contributed by atoms with Crippen molar-refractivity contribution in [2.75, 3.05) is 13.7 Å². The first-order valence-electron chi connectivity index (χ1n) is 5.85. The Morgan fingerprint density at radius 3 is 2.57 bits per heavy atom. The lowest BCUT2D eigenvalue weighted by Crippen LogP contribution is -2.41. The van der Waals surface area contributed by atoms with Gasteiger partial charge in [-0.2, -0.15) is 0 Å². The maximum absolute atomic E-state index is 12.2. The fourth-order valence-corrected chi connectivity index (χ4v) is 2.30. The summed E-state index contributed by atoms with van der Waals surface area (Å²) >= 11 is 11.9. The summed E-state index contributed by atoms with van der Waals surface area (Å²) in [6, 6.07) is 1.54. The highest BCUT2D eigenvalue weighted by Crippen LogP contribution is 2.33. The van der Waals surface area contributed by atoms with Crippen molar-refractivity contribution in [2.24, 2.45) is 0 Å². The molecule has 4 amide bonds. The second-order valence-corrected chi connectivity index (χ2v) is 4.98. The van der Waals surface area contributed by atoms with Crippen LogP contribution in [0.25, 0.3) is 0 Å². The number of imide groups is 1. The van der Waals surface area contributed by atoms with Gasteiger partial charge in [-0.25, -0.2) is 4.79 Å². The molecule has 1 fully saturated rings. The van der Waals surface area contributed by atoms with Crippen LogP contribution >= 0.6 is 23.2 Å². The molecule has 1 aromatic carbocycles. The van der Waals surface area contributed by atoms with E-state index in [1.807, 2.05) is 0 Å². The van der Waals surface area contributed by atoms with E-state index in [9.17, 15) is 14.4 Å². The number of ether oxygens (including phenoxy) is 1. The van der Waals surface area contributed by atoms with E-state index >= 15 is 0 Å². The van der Waals surface area contributed by atoms with Crippen molar-refractivity contribution in [1.29, 1.82) is 0 Å². The minimum absolute atomic E-state index is 0.0661. The van der Waals surface area contributed by atoms with Gasteiger partial charge in [0.15, 0.2) is 5.75 Å². The van der Waals surface area contributed by atoms with Crippen molar-refractivity contribution in [3.8, 4) is 5.75 Å². The van der Waals surface area contributed by atoms with Gasteiger partial charge < -0.3 is 15.4 Å². The third-order valence-corrected chi connectivity index (χ3v) is 3.43. The molecule has 9 heteroatoms. The second kappa shape index (κ2) is 6.19. The average Bonchev–Trinajstić information content (AvgIpc) is 2.76. The molecule has 1 aromatic rings. The average molecular weight is 332 g/mol.